The highest BCUT2D eigenvalue weighted by Gasteiger charge is 2.12. The third kappa shape index (κ3) is 5.18. The highest BCUT2D eigenvalue weighted by Crippen LogP contribution is 2.17. The summed E-state index contributed by atoms with van der Waals surface area (Å²) in [5.74, 6) is 0.253. The predicted octanol–water partition coefficient (Wildman–Crippen LogP) is 1.96. The molecule has 0 unspecified atom stereocenters. The van der Waals surface area contributed by atoms with Crippen LogP contribution in [0.5, 0.6) is 0 Å². The van der Waals surface area contributed by atoms with Gasteiger partial charge in [-0.1, -0.05) is 60.3 Å². The molecule has 1 heterocycles. The Kier molecular flexibility index (Phi) is 6.22. The number of nitrogens with zero attached hydrogens (tertiary/aromatic N) is 3. The first-order valence-corrected chi connectivity index (χ1v) is 9.31. The molecule has 0 fully saturated rings. The molecule has 8 heteroatoms. The number of hydrogen-bond acceptors (Lipinski definition) is 5. The van der Waals surface area contributed by atoms with Crippen molar-refractivity contribution in [3.05, 3.63) is 77.6 Å². The lowest BCUT2D eigenvalue weighted by atomic mass is 10.1. The minimum absolute atomic E-state index is 0.117. The molecule has 1 aromatic heterocycles. The molecule has 0 saturated heterocycles. The predicted molar refractivity (Wildman–Crippen MR) is 103 cm³/mol. The summed E-state index contributed by atoms with van der Waals surface area (Å²) in [7, 11) is 1.87. The van der Waals surface area contributed by atoms with Crippen LogP contribution in [0.4, 0.5) is 0 Å². The molecular formula is C19H19N5O2S. The van der Waals surface area contributed by atoms with Gasteiger partial charge in [-0.2, -0.15) is 0 Å². The fraction of sp³-hybridized carbons (Fsp3) is 0.158. The molecule has 3 aromatic rings. The molecule has 138 valence electrons. The monoisotopic (exact) mass is 381 g/mol. The van der Waals surface area contributed by atoms with Crippen LogP contribution in [0.15, 0.2) is 65.8 Å². The number of rotatable bonds is 6. The maximum Gasteiger partial charge on any atom is 0.269 e. The average molecular weight is 381 g/mol. The number of carbonyl (C=O) groups is 2. The molecule has 7 nitrogen and oxygen atoms in total. The van der Waals surface area contributed by atoms with Crippen LogP contribution in [0, 0.1) is 0 Å². The topological polar surface area (TPSA) is 88.9 Å². The molecule has 0 aliphatic heterocycles. The van der Waals surface area contributed by atoms with Crippen LogP contribution in [0.3, 0.4) is 0 Å². The molecule has 3 rings (SSSR count). The molecule has 0 aliphatic carbocycles. The largest absolute Gasteiger partial charge is 0.309 e. The van der Waals surface area contributed by atoms with Gasteiger partial charge in [-0.15, -0.1) is 10.2 Å². The van der Waals surface area contributed by atoms with Crippen LogP contribution < -0.4 is 10.9 Å². The smallest absolute Gasteiger partial charge is 0.269 e. The van der Waals surface area contributed by atoms with E-state index in [1.165, 1.54) is 11.8 Å². The van der Waals surface area contributed by atoms with E-state index in [-0.39, 0.29) is 17.6 Å². The van der Waals surface area contributed by atoms with Crippen molar-refractivity contribution in [1.82, 2.24) is 25.6 Å². The van der Waals surface area contributed by atoms with Gasteiger partial charge in [0.25, 0.3) is 5.91 Å². The Bertz CT molecular complexity index is 912. The maximum absolute atomic E-state index is 12.0. The van der Waals surface area contributed by atoms with Gasteiger partial charge in [-0.25, -0.2) is 0 Å². The first-order valence-electron chi connectivity index (χ1n) is 8.32. The minimum Gasteiger partial charge on any atom is -0.309 e. The Morgan fingerprint density at radius 2 is 1.63 bits per heavy atom. The summed E-state index contributed by atoms with van der Waals surface area (Å²) in [6.07, 6.45) is 0.671. The molecule has 0 atom stereocenters. The van der Waals surface area contributed by atoms with Gasteiger partial charge in [0.2, 0.25) is 5.91 Å². The molecule has 2 aromatic carbocycles. The normalized spacial score (nSPS) is 10.4. The quantitative estimate of drug-likeness (QED) is 0.503. The second-order valence-corrected chi connectivity index (χ2v) is 6.72. The highest BCUT2D eigenvalue weighted by atomic mass is 32.2. The van der Waals surface area contributed by atoms with Gasteiger partial charge in [-0.3, -0.25) is 20.4 Å². The fourth-order valence-corrected chi connectivity index (χ4v) is 3.09. The van der Waals surface area contributed by atoms with Gasteiger partial charge < -0.3 is 4.57 Å². The Morgan fingerprint density at radius 3 is 2.33 bits per heavy atom. The first kappa shape index (κ1) is 18.7. The van der Waals surface area contributed by atoms with Crippen molar-refractivity contribution in [2.24, 2.45) is 7.05 Å². The van der Waals surface area contributed by atoms with Gasteiger partial charge in [-0.05, 0) is 17.7 Å². The second-order valence-electron chi connectivity index (χ2n) is 5.78. The summed E-state index contributed by atoms with van der Waals surface area (Å²) in [5.41, 5.74) is 6.41. The Balaban J connectivity index is 1.48. The molecule has 27 heavy (non-hydrogen) atoms. The van der Waals surface area contributed by atoms with E-state index in [0.29, 0.717) is 17.1 Å². The van der Waals surface area contributed by atoms with E-state index in [1.807, 2.05) is 48.0 Å². The maximum atomic E-state index is 12.0. The number of aromatic nitrogens is 3. The second kappa shape index (κ2) is 9.00. The van der Waals surface area contributed by atoms with Gasteiger partial charge in [0.1, 0.15) is 5.82 Å². The summed E-state index contributed by atoms with van der Waals surface area (Å²) in [6, 6.07) is 18.7. The lowest BCUT2D eigenvalue weighted by Gasteiger charge is -2.07. The Labute approximate surface area is 161 Å². The van der Waals surface area contributed by atoms with E-state index < -0.39 is 0 Å². The zero-order chi connectivity index (χ0) is 19.1. The van der Waals surface area contributed by atoms with Crippen molar-refractivity contribution in [2.45, 2.75) is 11.6 Å². The number of benzene rings is 2. The van der Waals surface area contributed by atoms with E-state index in [2.05, 4.69) is 21.0 Å². The van der Waals surface area contributed by atoms with Crippen molar-refractivity contribution >= 4 is 23.6 Å². The van der Waals surface area contributed by atoms with Crippen molar-refractivity contribution < 1.29 is 9.59 Å². The third-order valence-electron chi connectivity index (χ3n) is 3.81. The lowest BCUT2D eigenvalue weighted by molar-refractivity contribution is -0.119. The van der Waals surface area contributed by atoms with Crippen molar-refractivity contribution in [3.63, 3.8) is 0 Å². The summed E-state index contributed by atoms with van der Waals surface area (Å²) in [4.78, 5) is 23.9. The highest BCUT2D eigenvalue weighted by molar-refractivity contribution is 7.99. The van der Waals surface area contributed by atoms with Gasteiger partial charge in [0.15, 0.2) is 5.16 Å². The summed E-state index contributed by atoms with van der Waals surface area (Å²) < 4.78 is 1.87. The molecule has 0 spiro atoms. The molecular weight excluding hydrogens is 362 g/mol. The van der Waals surface area contributed by atoms with E-state index in [4.69, 9.17) is 0 Å². The molecule has 2 N–H and O–H groups in total. The zero-order valence-corrected chi connectivity index (χ0v) is 15.6. The molecule has 0 aliphatic rings. The van der Waals surface area contributed by atoms with Crippen LogP contribution in [0.25, 0.3) is 0 Å². The van der Waals surface area contributed by atoms with Crippen molar-refractivity contribution in [3.8, 4) is 0 Å². The van der Waals surface area contributed by atoms with E-state index in [1.54, 1.807) is 24.3 Å². The standard InChI is InChI=1S/C19H19N5O2S/c1-24-16(12-14-8-4-2-5-9-14)20-23-19(24)27-13-17(25)21-22-18(26)15-10-6-3-7-11-15/h2-11H,12-13H2,1H3,(H,21,25)(H,22,26). The Hall–Kier alpha value is -3.13. The van der Waals surface area contributed by atoms with Gasteiger partial charge in [0, 0.05) is 19.0 Å². The zero-order valence-electron chi connectivity index (χ0n) is 14.8. The van der Waals surface area contributed by atoms with Gasteiger partial charge >= 0.3 is 0 Å². The van der Waals surface area contributed by atoms with Crippen LogP contribution in [-0.2, 0) is 18.3 Å². The Morgan fingerprint density at radius 1 is 0.963 bits per heavy atom. The first-order chi connectivity index (χ1) is 13.1. The van der Waals surface area contributed by atoms with E-state index >= 15 is 0 Å². The van der Waals surface area contributed by atoms with Crippen molar-refractivity contribution in [1.29, 1.82) is 0 Å². The fourth-order valence-electron chi connectivity index (χ4n) is 2.36. The summed E-state index contributed by atoms with van der Waals surface area (Å²) >= 11 is 1.26. The molecule has 2 amide bonds. The van der Waals surface area contributed by atoms with Crippen LogP contribution >= 0.6 is 11.8 Å². The number of carbonyl (C=O) groups excluding carboxylic acids is 2. The lowest BCUT2D eigenvalue weighted by Crippen LogP contribution is -2.42. The average Bonchev–Trinajstić information content (AvgIpc) is 3.05. The molecule has 0 radical (unpaired) electrons. The van der Waals surface area contributed by atoms with Crippen LogP contribution in [0.2, 0.25) is 0 Å². The minimum atomic E-state index is -0.363. The van der Waals surface area contributed by atoms with E-state index in [0.717, 1.165) is 11.4 Å². The number of amides is 2. The van der Waals surface area contributed by atoms with E-state index in [9.17, 15) is 9.59 Å². The van der Waals surface area contributed by atoms with Gasteiger partial charge in [0.05, 0.1) is 5.75 Å². The number of hydrazine groups is 1. The summed E-state index contributed by atoms with van der Waals surface area (Å²) in [6.45, 7) is 0. The van der Waals surface area contributed by atoms with Crippen LogP contribution in [0.1, 0.15) is 21.7 Å². The number of hydrogen-bond donors (Lipinski definition) is 2. The summed E-state index contributed by atoms with van der Waals surface area (Å²) in [5, 5.41) is 8.97. The third-order valence-corrected chi connectivity index (χ3v) is 4.83. The number of nitrogens with one attached hydrogen (secondary N) is 2. The number of thioether (sulfide) groups is 1. The van der Waals surface area contributed by atoms with Crippen LogP contribution in [-0.4, -0.2) is 32.3 Å². The SMILES string of the molecule is Cn1c(Cc2ccccc2)nnc1SCC(=O)NNC(=O)c1ccccc1. The van der Waals surface area contributed by atoms with Crippen molar-refractivity contribution in [2.75, 3.05) is 5.75 Å². The molecule has 0 bridgehead atoms. The molecule has 0 saturated carbocycles.